The van der Waals surface area contributed by atoms with Gasteiger partial charge in [-0.2, -0.15) is 0 Å². The van der Waals surface area contributed by atoms with Crippen molar-refractivity contribution in [2.75, 3.05) is 5.32 Å². The van der Waals surface area contributed by atoms with Crippen LogP contribution in [0.3, 0.4) is 0 Å². The van der Waals surface area contributed by atoms with E-state index in [1.165, 1.54) is 4.90 Å². The topological polar surface area (TPSA) is 66.5 Å². The summed E-state index contributed by atoms with van der Waals surface area (Å²) in [6.07, 6.45) is 2.07. The fourth-order valence-electron chi connectivity index (χ4n) is 6.54. The van der Waals surface area contributed by atoms with Crippen molar-refractivity contribution in [2.24, 2.45) is 11.8 Å². The molecule has 3 amide bonds. The number of nitrogens with one attached hydrogen (secondary N) is 1. The average Bonchev–Trinajstić information content (AvgIpc) is 3.16. The van der Waals surface area contributed by atoms with Crippen LogP contribution in [0.2, 0.25) is 0 Å². The SMILES string of the molecule is CCCCC(C(=O)Nc1ccc(Br)cc1)N1C(=O)C2C3c4ccccc4C(c4ccccc43)C2C1=O. The lowest BCUT2D eigenvalue weighted by Crippen LogP contribution is -2.48. The molecule has 5 nitrogen and oxygen atoms in total. The summed E-state index contributed by atoms with van der Waals surface area (Å²) in [5, 5.41) is 2.94. The molecular formula is C30H27BrN2O3. The van der Waals surface area contributed by atoms with Crippen molar-refractivity contribution in [3.05, 3.63) is 99.5 Å². The minimum Gasteiger partial charge on any atom is -0.324 e. The number of anilines is 1. The third kappa shape index (κ3) is 3.46. The average molecular weight is 543 g/mol. The Hall–Kier alpha value is -3.25. The Morgan fingerprint density at radius 2 is 1.31 bits per heavy atom. The zero-order valence-corrected chi connectivity index (χ0v) is 21.6. The molecule has 36 heavy (non-hydrogen) atoms. The maximum Gasteiger partial charge on any atom is 0.247 e. The molecule has 3 unspecified atom stereocenters. The van der Waals surface area contributed by atoms with E-state index in [9.17, 15) is 14.4 Å². The first-order valence-corrected chi connectivity index (χ1v) is 13.4. The lowest BCUT2D eigenvalue weighted by molar-refractivity contribution is -0.147. The summed E-state index contributed by atoms with van der Waals surface area (Å²) < 4.78 is 0.909. The van der Waals surface area contributed by atoms with Crippen LogP contribution in [0.1, 0.15) is 60.3 Å². The molecule has 1 fully saturated rings. The van der Waals surface area contributed by atoms with Crippen LogP contribution in [0.5, 0.6) is 0 Å². The Bertz CT molecular complexity index is 1250. The first-order valence-electron chi connectivity index (χ1n) is 12.6. The predicted molar refractivity (Wildman–Crippen MR) is 141 cm³/mol. The van der Waals surface area contributed by atoms with Crippen LogP contribution in [0.25, 0.3) is 0 Å². The Morgan fingerprint density at radius 1 is 0.833 bits per heavy atom. The number of carbonyl (C=O) groups is 3. The Morgan fingerprint density at radius 3 is 1.75 bits per heavy atom. The van der Waals surface area contributed by atoms with E-state index in [4.69, 9.17) is 0 Å². The summed E-state index contributed by atoms with van der Waals surface area (Å²) >= 11 is 3.41. The molecule has 0 aromatic heterocycles. The smallest absolute Gasteiger partial charge is 0.247 e. The van der Waals surface area contributed by atoms with Gasteiger partial charge in [0, 0.05) is 22.0 Å². The van der Waals surface area contributed by atoms with Gasteiger partial charge >= 0.3 is 0 Å². The molecule has 1 heterocycles. The van der Waals surface area contributed by atoms with Crippen LogP contribution in [0.15, 0.2) is 77.3 Å². The van der Waals surface area contributed by atoms with Crippen LogP contribution >= 0.6 is 15.9 Å². The maximum atomic E-state index is 14.1. The van der Waals surface area contributed by atoms with Gasteiger partial charge in [-0.25, -0.2) is 0 Å². The molecule has 0 spiro atoms. The summed E-state index contributed by atoms with van der Waals surface area (Å²) in [6, 6.07) is 22.9. The molecule has 4 aliphatic rings. The molecule has 1 saturated heterocycles. The number of hydrogen-bond donors (Lipinski definition) is 1. The second kappa shape index (κ2) is 9.00. The van der Waals surface area contributed by atoms with E-state index in [0.29, 0.717) is 12.1 Å². The lowest BCUT2D eigenvalue weighted by atomic mass is 9.55. The lowest BCUT2D eigenvalue weighted by Gasteiger charge is -2.45. The highest BCUT2D eigenvalue weighted by Crippen LogP contribution is 2.61. The van der Waals surface area contributed by atoms with Crippen molar-refractivity contribution in [3.63, 3.8) is 0 Å². The summed E-state index contributed by atoms with van der Waals surface area (Å²) in [7, 11) is 0. The van der Waals surface area contributed by atoms with E-state index in [0.717, 1.165) is 39.6 Å². The van der Waals surface area contributed by atoms with E-state index >= 15 is 0 Å². The minimum atomic E-state index is -0.829. The number of hydrogen-bond acceptors (Lipinski definition) is 3. The molecule has 6 heteroatoms. The Labute approximate surface area is 219 Å². The summed E-state index contributed by atoms with van der Waals surface area (Å²) in [4.78, 5) is 43.0. The van der Waals surface area contributed by atoms with Crippen LogP contribution in [-0.4, -0.2) is 28.7 Å². The van der Waals surface area contributed by atoms with Crippen LogP contribution in [0, 0.1) is 11.8 Å². The number of amides is 3. The van der Waals surface area contributed by atoms with E-state index in [-0.39, 0.29) is 29.6 Å². The molecule has 1 aliphatic heterocycles. The molecular weight excluding hydrogens is 516 g/mol. The zero-order chi connectivity index (χ0) is 25.0. The number of halogens is 1. The molecule has 182 valence electrons. The third-order valence-corrected chi connectivity index (χ3v) is 8.57. The van der Waals surface area contributed by atoms with Gasteiger partial charge in [0.25, 0.3) is 0 Å². The van der Waals surface area contributed by atoms with Gasteiger partial charge < -0.3 is 5.32 Å². The molecule has 3 aromatic rings. The maximum absolute atomic E-state index is 14.1. The van der Waals surface area contributed by atoms with Crippen molar-refractivity contribution in [1.29, 1.82) is 0 Å². The van der Waals surface area contributed by atoms with E-state index < -0.39 is 17.9 Å². The quantitative estimate of drug-likeness (QED) is 0.398. The highest BCUT2D eigenvalue weighted by Gasteiger charge is 2.62. The number of unbranched alkanes of at least 4 members (excludes halogenated alkanes) is 1. The molecule has 3 atom stereocenters. The summed E-state index contributed by atoms with van der Waals surface area (Å²) in [6.45, 7) is 2.05. The fraction of sp³-hybridized carbons (Fsp3) is 0.300. The zero-order valence-electron chi connectivity index (χ0n) is 20.0. The molecule has 1 N–H and O–H groups in total. The Kier molecular flexibility index (Phi) is 5.79. The fourth-order valence-corrected chi connectivity index (χ4v) is 6.81. The standard InChI is InChI=1S/C30H27BrN2O3/c1-2-3-12-23(28(34)32-18-15-13-17(31)14-16-18)33-29(35)26-24-19-8-4-5-9-20(19)25(27(26)30(33)36)22-11-7-6-10-21(22)24/h4-11,13-16,23-27H,2-3,12H2,1H3,(H,32,34). The van der Waals surface area contributed by atoms with Gasteiger partial charge in [0.1, 0.15) is 6.04 Å². The van der Waals surface area contributed by atoms with Gasteiger partial charge in [0.15, 0.2) is 0 Å². The number of nitrogens with zero attached hydrogens (tertiary/aromatic N) is 1. The van der Waals surface area contributed by atoms with Gasteiger partial charge in [0.2, 0.25) is 17.7 Å². The summed E-state index contributed by atoms with van der Waals surface area (Å²) in [5.74, 6) is -2.03. The number of rotatable bonds is 6. The molecule has 7 rings (SSSR count). The van der Waals surface area contributed by atoms with Crippen molar-refractivity contribution in [1.82, 2.24) is 4.90 Å². The van der Waals surface area contributed by atoms with Crippen LogP contribution < -0.4 is 5.32 Å². The van der Waals surface area contributed by atoms with Crippen molar-refractivity contribution in [2.45, 2.75) is 44.1 Å². The Balaban J connectivity index is 1.39. The monoisotopic (exact) mass is 542 g/mol. The first kappa shape index (κ1) is 23.2. The van der Waals surface area contributed by atoms with Crippen molar-refractivity contribution < 1.29 is 14.4 Å². The molecule has 0 saturated carbocycles. The van der Waals surface area contributed by atoms with Crippen LogP contribution in [0.4, 0.5) is 5.69 Å². The van der Waals surface area contributed by atoms with Crippen molar-refractivity contribution in [3.8, 4) is 0 Å². The molecule has 2 bridgehead atoms. The number of imide groups is 1. The predicted octanol–water partition coefficient (Wildman–Crippen LogP) is 5.84. The third-order valence-electron chi connectivity index (χ3n) is 8.04. The van der Waals surface area contributed by atoms with Gasteiger partial charge in [0.05, 0.1) is 11.8 Å². The van der Waals surface area contributed by atoms with Crippen molar-refractivity contribution >= 4 is 39.3 Å². The van der Waals surface area contributed by atoms with Gasteiger partial charge in [-0.1, -0.05) is 84.2 Å². The van der Waals surface area contributed by atoms with Gasteiger partial charge in [-0.3, -0.25) is 19.3 Å². The van der Waals surface area contributed by atoms with E-state index in [1.54, 1.807) is 12.1 Å². The molecule has 0 radical (unpaired) electrons. The van der Waals surface area contributed by atoms with E-state index in [2.05, 4.69) is 45.5 Å². The highest BCUT2D eigenvalue weighted by molar-refractivity contribution is 9.10. The molecule has 3 aromatic carbocycles. The van der Waals surface area contributed by atoms with Gasteiger partial charge in [-0.15, -0.1) is 0 Å². The number of carbonyl (C=O) groups excluding carboxylic acids is 3. The largest absolute Gasteiger partial charge is 0.324 e. The summed E-state index contributed by atoms with van der Waals surface area (Å²) in [5.41, 5.74) is 5.18. The highest BCUT2D eigenvalue weighted by atomic mass is 79.9. The first-order chi connectivity index (χ1) is 17.5. The minimum absolute atomic E-state index is 0.171. The number of likely N-dealkylation sites (tertiary alicyclic amines) is 1. The molecule has 3 aliphatic carbocycles. The normalized spacial score (nSPS) is 24.2. The number of benzene rings is 3. The van der Waals surface area contributed by atoms with Gasteiger partial charge in [-0.05, 0) is 52.9 Å². The second-order valence-corrected chi connectivity index (χ2v) is 10.9. The van der Waals surface area contributed by atoms with Crippen LogP contribution in [-0.2, 0) is 14.4 Å². The van der Waals surface area contributed by atoms with E-state index in [1.807, 2.05) is 43.3 Å². The second-order valence-electron chi connectivity index (χ2n) is 9.97.